The van der Waals surface area contributed by atoms with Crippen LogP contribution in [0.25, 0.3) is 0 Å². The zero-order chi connectivity index (χ0) is 11.7. The number of aromatic amines is 1. The summed E-state index contributed by atoms with van der Waals surface area (Å²) in [6.45, 7) is 0.866. The lowest BCUT2D eigenvalue weighted by molar-refractivity contribution is 0.535. The van der Waals surface area contributed by atoms with Gasteiger partial charge >= 0.3 is 11.1 Å². The molecule has 1 aliphatic rings. The minimum absolute atomic E-state index is 0.270. The Labute approximate surface area is 97.5 Å². The number of H-pyrrole nitrogens is 1. The molecule has 1 fully saturated rings. The van der Waals surface area contributed by atoms with E-state index in [9.17, 15) is 9.59 Å². The molecule has 0 aliphatic carbocycles. The van der Waals surface area contributed by atoms with Crippen LogP contribution in [0.2, 0.25) is 0 Å². The van der Waals surface area contributed by atoms with E-state index < -0.39 is 11.1 Å². The Morgan fingerprint density at radius 1 is 1.56 bits per heavy atom. The molecule has 0 unspecified atom stereocenters. The van der Waals surface area contributed by atoms with E-state index in [1.807, 2.05) is 0 Å². The van der Waals surface area contributed by atoms with E-state index >= 15 is 0 Å². The van der Waals surface area contributed by atoms with Crippen LogP contribution >= 0.6 is 12.6 Å². The van der Waals surface area contributed by atoms with Gasteiger partial charge in [0.05, 0.1) is 0 Å². The van der Waals surface area contributed by atoms with Gasteiger partial charge in [0.2, 0.25) is 0 Å². The van der Waals surface area contributed by atoms with Crippen molar-refractivity contribution in [3.8, 4) is 0 Å². The van der Waals surface area contributed by atoms with Gasteiger partial charge < -0.3 is 5.32 Å². The van der Waals surface area contributed by atoms with Crippen molar-refractivity contribution in [2.75, 3.05) is 6.54 Å². The van der Waals surface area contributed by atoms with Gasteiger partial charge in [0.1, 0.15) is 5.82 Å². The number of aryl methyl sites for hydroxylation is 1. The fourth-order valence-electron chi connectivity index (χ4n) is 1.86. The SMILES string of the molecule is Cn1[nH]c(=O)c(=O)nc1C[C@@H]1C[C@H](S)CN1. The predicted molar refractivity (Wildman–Crippen MR) is 63.0 cm³/mol. The Hall–Kier alpha value is -1.08. The summed E-state index contributed by atoms with van der Waals surface area (Å²) in [6, 6.07) is 0.270. The van der Waals surface area contributed by atoms with Crippen molar-refractivity contribution in [1.29, 1.82) is 0 Å². The van der Waals surface area contributed by atoms with Crippen molar-refractivity contribution in [3.05, 3.63) is 26.5 Å². The largest absolute Gasteiger partial charge is 0.338 e. The lowest BCUT2D eigenvalue weighted by atomic mass is 10.1. The summed E-state index contributed by atoms with van der Waals surface area (Å²) in [5.41, 5.74) is -1.41. The first kappa shape index (κ1) is 11.4. The van der Waals surface area contributed by atoms with Crippen LogP contribution in [0.3, 0.4) is 0 Å². The molecule has 2 atom stereocenters. The van der Waals surface area contributed by atoms with Gasteiger partial charge in [-0.05, 0) is 6.42 Å². The third-order valence-corrected chi connectivity index (χ3v) is 3.10. The van der Waals surface area contributed by atoms with E-state index in [1.54, 1.807) is 7.05 Å². The molecule has 0 radical (unpaired) electrons. The van der Waals surface area contributed by atoms with Crippen LogP contribution in [-0.4, -0.2) is 32.6 Å². The molecule has 6 nitrogen and oxygen atoms in total. The first-order valence-corrected chi connectivity index (χ1v) is 5.65. The quantitative estimate of drug-likeness (QED) is 0.443. The molecule has 2 heterocycles. The number of hydrogen-bond donors (Lipinski definition) is 3. The Bertz CT molecular complexity index is 495. The van der Waals surface area contributed by atoms with Gasteiger partial charge in [-0.1, -0.05) is 0 Å². The molecular weight excluding hydrogens is 228 g/mol. The van der Waals surface area contributed by atoms with Gasteiger partial charge in [-0.2, -0.15) is 17.6 Å². The second-order valence-electron chi connectivity index (χ2n) is 4.03. The average molecular weight is 242 g/mol. The summed E-state index contributed by atoms with van der Waals surface area (Å²) < 4.78 is 1.50. The molecule has 1 aliphatic heterocycles. The fourth-order valence-corrected chi connectivity index (χ4v) is 2.22. The van der Waals surface area contributed by atoms with Gasteiger partial charge in [-0.15, -0.1) is 0 Å². The zero-order valence-electron chi connectivity index (χ0n) is 8.93. The Morgan fingerprint density at radius 3 is 2.94 bits per heavy atom. The number of hydrogen-bond acceptors (Lipinski definition) is 5. The lowest BCUT2D eigenvalue weighted by Gasteiger charge is -2.11. The van der Waals surface area contributed by atoms with Crippen molar-refractivity contribution in [2.45, 2.75) is 24.1 Å². The maximum Gasteiger partial charge on any atom is 0.338 e. The predicted octanol–water partition coefficient (Wildman–Crippen LogP) is -1.33. The standard InChI is InChI=1S/C9H14N4O2S/c1-13-7(11-8(14)9(15)12-13)3-5-2-6(16)4-10-5/h5-6,10,16H,2-4H2,1H3,(H,12,15)/t5-,6-/m0/s1. The second-order valence-corrected chi connectivity index (χ2v) is 4.76. The molecule has 7 heteroatoms. The molecule has 1 aromatic rings. The van der Waals surface area contributed by atoms with Crippen LogP contribution in [0.1, 0.15) is 12.2 Å². The number of nitrogens with zero attached hydrogens (tertiary/aromatic N) is 2. The Morgan fingerprint density at radius 2 is 2.31 bits per heavy atom. The van der Waals surface area contributed by atoms with Gasteiger partial charge in [-0.25, -0.2) is 0 Å². The van der Waals surface area contributed by atoms with Gasteiger partial charge in [0, 0.05) is 31.3 Å². The van der Waals surface area contributed by atoms with Crippen LogP contribution in [0.5, 0.6) is 0 Å². The first-order chi connectivity index (χ1) is 7.56. The fraction of sp³-hybridized carbons (Fsp3) is 0.667. The lowest BCUT2D eigenvalue weighted by Crippen LogP contribution is -2.37. The molecule has 0 bridgehead atoms. The van der Waals surface area contributed by atoms with Crippen molar-refractivity contribution in [2.24, 2.45) is 7.05 Å². The molecule has 0 aromatic carbocycles. The van der Waals surface area contributed by atoms with E-state index in [0.29, 0.717) is 17.5 Å². The minimum atomic E-state index is -0.728. The molecule has 16 heavy (non-hydrogen) atoms. The average Bonchev–Trinajstić information content (AvgIpc) is 2.60. The summed E-state index contributed by atoms with van der Waals surface area (Å²) in [6.07, 6.45) is 1.57. The zero-order valence-corrected chi connectivity index (χ0v) is 9.83. The van der Waals surface area contributed by atoms with E-state index in [0.717, 1.165) is 13.0 Å². The van der Waals surface area contributed by atoms with Crippen molar-refractivity contribution in [3.63, 3.8) is 0 Å². The highest BCUT2D eigenvalue weighted by atomic mass is 32.1. The van der Waals surface area contributed by atoms with Crippen LogP contribution in [-0.2, 0) is 13.5 Å². The normalized spacial score (nSPS) is 24.9. The van der Waals surface area contributed by atoms with E-state index in [-0.39, 0.29) is 6.04 Å². The smallest absolute Gasteiger partial charge is 0.312 e. The molecule has 2 rings (SSSR count). The number of nitrogens with one attached hydrogen (secondary N) is 2. The van der Waals surface area contributed by atoms with Crippen LogP contribution in [0.4, 0.5) is 0 Å². The topological polar surface area (TPSA) is 79.8 Å². The highest BCUT2D eigenvalue weighted by Crippen LogP contribution is 2.14. The summed E-state index contributed by atoms with van der Waals surface area (Å²) >= 11 is 4.37. The Kier molecular flexibility index (Phi) is 3.15. The molecule has 0 spiro atoms. The van der Waals surface area contributed by atoms with Crippen molar-refractivity contribution < 1.29 is 0 Å². The van der Waals surface area contributed by atoms with Crippen LogP contribution in [0, 0.1) is 0 Å². The third-order valence-electron chi connectivity index (χ3n) is 2.71. The summed E-state index contributed by atoms with van der Waals surface area (Å²) in [7, 11) is 1.68. The molecule has 1 aromatic heterocycles. The van der Waals surface area contributed by atoms with Crippen molar-refractivity contribution >= 4 is 12.6 Å². The van der Waals surface area contributed by atoms with Gasteiger partial charge in [-0.3, -0.25) is 19.4 Å². The summed E-state index contributed by atoms with van der Waals surface area (Å²) in [5, 5.41) is 6.08. The highest BCUT2D eigenvalue weighted by molar-refractivity contribution is 7.81. The third kappa shape index (κ3) is 2.35. The molecule has 1 saturated heterocycles. The monoisotopic (exact) mass is 242 g/mol. The molecule has 0 saturated carbocycles. The molecule has 88 valence electrons. The highest BCUT2D eigenvalue weighted by Gasteiger charge is 2.22. The maximum atomic E-state index is 11.1. The molecule has 0 amide bonds. The molecular formula is C9H14N4O2S. The van der Waals surface area contributed by atoms with E-state index in [1.165, 1.54) is 4.68 Å². The van der Waals surface area contributed by atoms with Gasteiger partial charge in [0.15, 0.2) is 0 Å². The summed E-state index contributed by atoms with van der Waals surface area (Å²) in [4.78, 5) is 25.9. The minimum Gasteiger partial charge on any atom is -0.312 e. The first-order valence-electron chi connectivity index (χ1n) is 5.14. The van der Waals surface area contributed by atoms with E-state index in [4.69, 9.17) is 0 Å². The number of aromatic nitrogens is 3. The van der Waals surface area contributed by atoms with Crippen LogP contribution < -0.4 is 16.4 Å². The Balaban J connectivity index is 2.19. The number of thiol groups is 1. The van der Waals surface area contributed by atoms with E-state index in [2.05, 4.69) is 28.0 Å². The maximum absolute atomic E-state index is 11.1. The number of rotatable bonds is 2. The van der Waals surface area contributed by atoms with Crippen molar-refractivity contribution in [1.82, 2.24) is 20.1 Å². The summed E-state index contributed by atoms with van der Waals surface area (Å²) in [5.74, 6) is 0.588. The molecule has 2 N–H and O–H groups in total. The second kappa shape index (κ2) is 4.42. The van der Waals surface area contributed by atoms with Gasteiger partial charge in [0.25, 0.3) is 0 Å². The van der Waals surface area contributed by atoms with Crippen LogP contribution in [0.15, 0.2) is 9.59 Å².